The lowest BCUT2D eigenvalue weighted by Gasteiger charge is -2.15. The largest absolute Gasteiger partial charge is 0.399 e. The van der Waals surface area contributed by atoms with Gasteiger partial charge in [0.25, 0.3) is 0 Å². The lowest BCUT2D eigenvalue weighted by molar-refractivity contribution is 0.951. The topological polar surface area (TPSA) is 46.7 Å². The van der Waals surface area contributed by atoms with Crippen LogP contribution in [0.15, 0.2) is 182 Å². The van der Waals surface area contributed by atoms with Crippen LogP contribution in [0.1, 0.15) is 50.4 Å². The minimum Gasteiger partial charge on any atom is -0.399 e. The SMILES string of the molecule is C1=Cc2c([nH]c3c4ccccc4c4c(c5ccccc5c5c4c4ccccc4n5-c4ccccc4)c23)CC1.C=C/C(=C\C)c1ccccc1.CC.NC1=CCC#CC=C1. The van der Waals surface area contributed by atoms with E-state index in [1.165, 1.54) is 93.1 Å². The van der Waals surface area contributed by atoms with Crippen molar-refractivity contribution in [2.24, 2.45) is 5.73 Å². The number of aryl methyl sites for hydroxylation is 1. The summed E-state index contributed by atoms with van der Waals surface area (Å²) in [5.74, 6) is 5.70. The Morgan fingerprint density at radius 1 is 0.695 bits per heavy atom. The number of aromatic nitrogens is 2. The monoisotopic (exact) mass is 763 g/mol. The third kappa shape index (κ3) is 7.15. The highest BCUT2D eigenvalue weighted by atomic mass is 15.0. The molecule has 2 aliphatic rings. The van der Waals surface area contributed by atoms with Crippen molar-refractivity contribution in [3.8, 4) is 17.5 Å². The van der Waals surface area contributed by atoms with Crippen molar-refractivity contribution in [3.63, 3.8) is 0 Å². The molecule has 11 rings (SSSR count). The molecule has 7 aromatic carbocycles. The van der Waals surface area contributed by atoms with Gasteiger partial charge in [0.05, 0.1) is 16.6 Å². The predicted octanol–water partition coefficient (Wildman–Crippen LogP) is 14.8. The van der Waals surface area contributed by atoms with Crippen molar-refractivity contribution < 1.29 is 0 Å². The van der Waals surface area contributed by atoms with Crippen molar-refractivity contribution in [1.29, 1.82) is 0 Å². The molecule has 0 atom stereocenters. The summed E-state index contributed by atoms with van der Waals surface area (Å²) in [5, 5.41) is 11.9. The van der Waals surface area contributed by atoms with E-state index < -0.39 is 0 Å². The highest BCUT2D eigenvalue weighted by Crippen LogP contribution is 2.49. The number of H-pyrrole nitrogens is 1. The van der Waals surface area contributed by atoms with Crippen molar-refractivity contribution >= 4 is 76.7 Å². The van der Waals surface area contributed by atoms with Gasteiger partial charge in [0.2, 0.25) is 0 Å². The number of benzene rings is 7. The minimum absolute atomic E-state index is 0.777. The molecule has 288 valence electrons. The molecule has 9 aromatic rings. The molecule has 0 unspecified atom stereocenters. The van der Waals surface area contributed by atoms with Crippen molar-refractivity contribution in [1.82, 2.24) is 9.55 Å². The Kier molecular flexibility index (Phi) is 11.4. The maximum absolute atomic E-state index is 5.43. The smallest absolute Gasteiger partial charge is 0.0626 e. The van der Waals surface area contributed by atoms with Gasteiger partial charge < -0.3 is 15.3 Å². The van der Waals surface area contributed by atoms with Gasteiger partial charge in [0, 0.05) is 66.8 Å². The first-order chi connectivity index (χ1) is 29.2. The van der Waals surface area contributed by atoms with E-state index >= 15 is 0 Å². The van der Waals surface area contributed by atoms with Gasteiger partial charge in [-0.2, -0.15) is 0 Å². The first-order valence-corrected chi connectivity index (χ1v) is 20.7. The maximum atomic E-state index is 5.43. The number of nitrogens with zero attached hydrogens (tertiary/aromatic N) is 1. The van der Waals surface area contributed by atoms with E-state index in [4.69, 9.17) is 5.73 Å². The van der Waals surface area contributed by atoms with Gasteiger partial charge in [-0.25, -0.2) is 0 Å². The number of rotatable bonds is 3. The van der Waals surface area contributed by atoms with E-state index in [0.29, 0.717) is 0 Å². The fraction of sp³-hybridized carbons (Fsp3) is 0.107. The molecule has 59 heavy (non-hydrogen) atoms. The molecule has 2 heterocycles. The molecule has 0 aliphatic heterocycles. The van der Waals surface area contributed by atoms with Gasteiger partial charge in [-0.1, -0.05) is 172 Å². The van der Waals surface area contributed by atoms with E-state index in [1.54, 1.807) is 12.2 Å². The molecule has 0 saturated heterocycles. The Balaban J connectivity index is 0.000000190. The highest BCUT2D eigenvalue weighted by Gasteiger charge is 2.24. The lowest BCUT2D eigenvalue weighted by Crippen LogP contribution is -1.95. The van der Waals surface area contributed by atoms with E-state index in [9.17, 15) is 0 Å². The average Bonchev–Trinajstić information content (AvgIpc) is 3.76. The summed E-state index contributed by atoms with van der Waals surface area (Å²) in [6, 6.07) is 47.9. The number of nitrogens with two attached hydrogens (primary N) is 1. The van der Waals surface area contributed by atoms with Crippen LogP contribution in [0.25, 0.3) is 82.4 Å². The zero-order valence-corrected chi connectivity index (χ0v) is 34.1. The third-order valence-electron chi connectivity index (χ3n) is 11.1. The summed E-state index contributed by atoms with van der Waals surface area (Å²) in [6.07, 6.45) is 17.0. The zero-order chi connectivity index (χ0) is 40.7. The second-order valence-corrected chi connectivity index (χ2v) is 14.3. The molecule has 2 aromatic heterocycles. The summed E-state index contributed by atoms with van der Waals surface area (Å²) in [7, 11) is 0. The van der Waals surface area contributed by atoms with Crippen LogP contribution in [0.4, 0.5) is 0 Å². The lowest BCUT2D eigenvalue weighted by atomic mass is 9.88. The molecule has 3 nitrogen and oxygen atoms in total. The van der Waals surface area contributed by atoms with Crippen LogP contribution in [0.3, 0.4) is 0 Å². The van der Waals surface area contributed by atoms with Gasteiger partial charge in [0.15, 0.2) is 0 Å². The molecular weight excluding hydrogens is 715 g/mol. The van der Waals surface area contributed by atoms with Gasteiger partial charge in [0.1, 0.15) is 0 Å². The van der Waals surface area contributed by atoms with Crippen LogP contribution < -0.4 is 5.73 Å². The summed E-state index contributed by atoms with van der Waals surface area (Å²) >= 11 is 0. The Bertz CT molecular complexity index is 3170. The number of hydrogen-bond acceptors (Lipinski definition) is 1. The van der Waals surface area contributed by atoms with E-state index in [2.05, 4.69) is 161 Å². The van der Waals surface area contributed by atoms with Gasteiger partial charge in [-0.3, -0.25) is 0 Å². The van der Waals surface area contributed by atoms with Crippen LogP contribution in [0, 0.1) is 11.8 Å². The normalized spacial score (nSPS) is 13.0. The maximum Gasteiger partial charge on any atom is 0.0626 e. The fourth-order valence-corrected chi connectivity index (χ4v) is 8.57. The second kappa shape index (κ2) is 17.5. The number of nitrogens with one attached hydrogen (secondary N) is 1. The third-order valence-corrected chi connectivity index (χ3v) is 11.1. The number of allylic oxidation sites excluding steroid dienone is 7. The number of para-hydroxylation sites is 2. The van der Waals surface area contributed by atoms with Gasteiger partial charge >= 0.3 is 0 Å². The Hall–Kier alpha value is -7.28. The Labute approximate surface area is 347 Å². The molecule has 0 amide bonds. The van der Waals surface area contributed by atoms with Crippen molar-refractivity contribution in [2.45, 2.75) is 40.0 Å². The van der Waals surface area contributed by atoms with E-state index in [-0.39, 0.29) is 0 Å². The first kappa shape index (κ1) is 38.6. The number of fused-ring (bicyclic) bond motifs is 15. The van der Waals surface area contributed by atoms with Crippen molar-refractivity contribution in [3.05, 3.63) is 199 Å². The van der Waals surface area contributed by atoms with Crippen molar-refractivity contribution in [2.75, 3.05) is 0 Å². The molecule has 3 heteroatoms. The molecule has 0 spiro atoms. The summed E-state index contributed by atoms with van der Waals surface area (Å²) < 4.78 is 2.47. The van der Waals surface area contributed by atoms with E-state index in [1.807, 2.05) is 51.1 Å². The Morgan fingerprint density at radius 3 is 2.02 bits per heavy atom. The van der Waals surface area contributed by atoms with Crippen LogP contribution in [0.5, 0.6) is 0 Å². The number of aromatic amines is 1. The standard InChI is InChI=1S/C36H24N2.C11H12.C7H7N.C2H6/c1-2-12-22(13-3-1)38-30-21-11-9-19-28(30)34-32-23-14-4-6-16-25(23)35-33(27-18-8-10-20-29(27)37-35)31(32)24-15-5-7-17-26(24)36(34)38;1-3-10(4-2)11-8-6-5-7-9-11;8-7-5-3-1-2-4-6-7;1-2/h1-9,11-19,21,37H,10,20H2;3-9H,1H2,2H3;3,5-6H,4,8H2;1-2H3/b;10-4+;;. The summed E-state index contributed by atoms with van der Waals surface area (Å²) in [6.45, 7) is 9.76. The molecule has 2 aliphatic carbocycles. The van der Waals surface area contributed by atoms with E-state index in [0.717, 1.165) is 25.0 Å². The molecular formula is C56H49N3. The molecule has 3 N–H and O–H groups in total. The highest BCUT2D eigenvalue weighted by molar-refractivity contribution is 6.43. The molecule has 0 fully saturated rings. The average molecular weight is 764 g/mol. The van der Waals surface area contributed by atoms with Crippen LogP contribution in [-0.2, 0) is 6.42 Å². The second-order valence-electron chi connectivity index (χ2n) is 14.3. The van der Waals surface area contributed by atoms with Gasteiger partial charge in [-0.15, -0.1) is 0 Å². The first-order valence-electron chi connectivity index (χ1n) is 20.7. The number of hydrogen-bond donors (Lipinski definition) is 2. The summed E-state index contributed by atoms with van der Waals surface area (Å²) in [5.41, 5.74) is 16.3. The minimum atomic E-state index is 0.777. The zero-order valence-electron chi connectivity index (χ0n) is 34.1. The summed E-state index contributed by atoms with van der Waals surface area (Å²) in [4.78, 5) is 3.88. The fourth-order valence-electron chi connectivity index (χ4n) is 8.57. The van der Waals surface area contributed by atoms with Crippen LogP contribution in [-0.4, -0.2) is 9.55 Å². The quantitative estimate of drug-likeness (QED) is 0.105. The molecule has 0 saturated carbocycles. The Morgan fingerprint density at radius 2 is 1.31 bits per heavy atom. The van der Waals surface area contributed by atoms with Crippen LogP contribution >= 0.6 is 0 Å². The van der Waals surface area contributed by atoms with Gasteiger partial charge in [-0.05, 0) is 78.1 Å². The molecule has 0 bridgehead atoms. The molecule has 0 radical (unpaired) electrons. The van der Waals surface area contributed by atoms with Crippen LogP contribution in [0.2, 0.25) is 0 Å². The predicted molar refractivity (Wildman–Crippen MR) is 258 cm³/mol.